The summed E-state index contributed by atoms with van der Waals surface area (Å²) in [5.74, 6) is 3.39. The van der Waals surface area contributed by atoms with Gasteiger partial charge in [-0.2, -0.15) is 0 Å². The summed E-state index contributed by atoms with van der Waals surface area (Å²) >= 11 is 0. The highest BCUT2D eigenvalue weighted by molar-refractivity contribution is 5.79. The zero-order chi connectivity index (χ0) is 14.2. The van der Waals surface area contributed by atoms with Crippen molar-refractivity contribution >= 4 is 5.78 Å². The maximum atomic E-state index is 11.3. The molecular formula is C19H34O. The zero-order valence-corrected chi connectivity index (χ0v) is 13.5. The van der Waals surface area contributed by atoms with Gasteiger partial charge in [0.15, 0.2) is 0 Å². The lowest BCUT2D eigenvalue weighted by Crippen LogP contribution is -2.25. The summed E-state index contributed by atoms with van der Waals surface area (Å²) in [5.41, 5.74) is 0. The summed E-state index contributed by atoms with van der Waals surface area (Å²) < 4.78 is 0. The smallest absolute Gasteiger partial charge is 0.132 e. The van der Waals surface area contributed by atoms with E-state index < -0.39 is 0 Å². The Labute approximate surface area is 125 Å². The molecule has 0 heterocycles. The number of rotatable bonds is 7. The molecule has 0 radical (unpaired) electrons. The van der Waals surface area contributed by atoms with Crippen LogP contribution in [0.15, 0.2) is 0 Å². The average molecular weight is 278 g/mol. The van der Waals surface area contributed by atoms with Crippen LogP contribution in [0, 0.1) is 17.8 Å². The van der Waals surface area contributed by atoms with Crippen LogP contribution in [0.4, 0.5) is 0 Å². The van der Waals surface area contributed by atoms with E-state index in [0.29, 0.717) is 5.78 Å². The number of hydrogen-bond acceptors (Lipinski definition) is 1. The summed E-state index contributed by atoms with van der Waals surface area (Å²) in [6, 6.07) is 0. The quantitative estimate of drug-likeness (QED) is 0.529. The van der Waals surface area contributed by atoms with Gasteiger partial charge in [0.05, 0.1) is 0 Å². The number of hydrogen-bond donors (Lipinski definition) is 0. The topological polar surface area (TPSA) is 17.1 Å². The average Bonchev–Trinajstić information content (AvgIpc) is 2.49. The molecule has 0 unspecified atom stereocenters. The van der Waals surface area contributed by atoms with E-state index in [9.17, 15) is 4.79 Å². The fraction of sp³-hybridized carbons (Fsp3) is 0.947. The Kier molecular flexibility index (Phi) is 7.10. The minimum absolute atomic E-state index is 0.516. The lowest BCUT2D eigenvalue weighted by atomic mass is 9.70. The first-order valence-corrected chi connectivity index (χ1v) is 9.31. The van der Waals surface area contributed by atoms with Gasteiger partial charge in [-0.25, -0.2) is 0 Å². The maximum Gasteiger partial charge on any atom is 0.132 e. The van der Waals surface area contributed by atoms with Gasteiger partial charge in [0.1, 0.15) is 5.78 Å². The van der Waals surface area contributed by atoms with Crippen LogP contribution in [0.2, 0.25) is 0 Å². The Morgan fingerprint density at radius 1 is 0.800 bits per heavy atom. The molecule has 20 heavy (non-hydrogen) atoms. The highest BCUT2D eigenvalue weighted by Gasteiger charge is 2.29. The van der Waals surface area contributed by atoms with Crippen molar-refractivity contribution in [3.8, 4) is 0 Å². The molecule has 0 aromatic rings. The van der Waals surface area contributed by atoms with Crippen LogP contribution in [-0.4, -0.2) is 5.78 Å². The highest BCUT2D eigenvalue weighted by Crippen LogP contribution is 2.40. The Balaban J connectivity index is 1.56. The SMILES string of the molecule is CCCCCCCC1CCC(C2CCC(=O)CC2)CC1. The van der Waals surface area contributed by atoms with E-state index in [1.165, 1.54) is 77.0 Å². The van der Waals surface area contributed by atoms with Gasteiger partial charge in [-0.3, -0.25) is 4.79 Å². The molecular weight excluding hydrogens is 244 g/mol. The Bertz CT molecular complexity index is 265. The van der Waals surface area contributed by atoms with Crippen LogP contribution in [0.5, 0.6) is 0 Å². The lowest BCUT2D eigenvalue weighted by molar-refractivity contribution is -0.121. The van der Waals surface area contributed by atoms with Crippen molar-refractivity contribution in [1.29, 1.82) is 0 Å². The van der Waals surface area contributed by atoms with E-state index in [4.69, 9.17) is 0 Å². The largest absolute Gasteiger partial charge is 0.300 e. The summed E-state index contributed by atoms with van der Waals surface area (Å²) in [4.78, 5) is 11.3. The third kappa shape index (κ3) is 5.22. The van der Waals surface area contributed by atoms with Crippen LogP contribution in [0.3, 0.4) is 0 Å². The molecule has 2 saturated carbocycles. The van der Waals surface area contributed by atoms with Crippen molar-refractivity contribution in [2.75, 3.05) is 0 Å². The minimum Gasteiger partial charge on any atom is -0.300 e. The van der Waals surface area contributed by atoms with Gasteiger partial charge in [-0.15, -0.1) is 0 Å². The normalized spacial score (nSPS) is 28.8. The second-order valence-electron chi connectivity index (χ2n) is 7.36. The molecule has 0 aromatic carbocycles. The molecule has 2 aliphatic rings. The second kappa shape index (κ2) is 8.85. The molecule has 116 valence electrons. The molecule has 2 fully saturated rings. The van der Waals surface area contributed by atoms with E-state index in [0.717, 1.165) is 30.6 Å². The predicted molar refractivity (Wildman–Crippen MR) is 85.8 cm³/mol. The predicted octanol–water partition coefficient (Wildman–Crippen LogP) is 5.91. The Morgan fingerprint density at radius 3 is 2.05 bits per heavy atom. The van der Waals surface area contributed by atoms with Crippen molar-refractivity contribution in [3.63, 3.8) is 0 Å². The zero-order valence-electron chi connectivity index (χ0n) is 13.5. The molecule has 0 aliphatic heterocycles. The summed E-state index contributed by atoms with van der Waals surface area (Å²) in [6.45, 7) is 2.29. The monoisotopic (exact) mass is 278 g/mol. The molecule has 0 N–H and O–H groups in total. The molecule has 0 aromatic heterocycles. The van der Waals surface area contributed by atoms with Crippen molar-refractivity contribution < 1.29 is 4.79 Å². The van der Waals surface area contributed by atoms with Gasteiger partial charge < -0.3 is 0 Å². The first-order chi connectivity index (χ1) is 9.79. The van der Waals surface area contributed by atoms with Crippen LogP contribution >= 0.6 is 0 Å². The van der Waals surface area contributed by atoms with Crippen molar-refractivity contribution in [1.82, 2.24) is 0 Å². The van der Waals surface area contributed by atoms with E-state index in [1.807, 2.05) is 0 Å². The first-order valence-electron chi connectivity index (χ1n) is 9.31. The lowest BCUT2D eigenvalue weighted by Gasteiger charge is -2.35. The van der Waals surface area contributed by atoms with E-state index in [2.05, 4.69) is 6.92 Å². The number of Topliss-reactive ketones (excluding diaryl/α,β-unsaturated/α-hetero) is 1. The maximum absolute atomic E-state index is 11.3. The number of carbonyl (C=O) groups excluding carboxylic acids is 1. The van der Waals surface area contributed by atoms with E-state index >= 15 is 0 Å². The van der Waals surface area contributed by atoms with Crippen LogP contribution < -0.4 is 0 Å². The van der Waals surface area contributed by atoms with Gasteiger partial charge >= 0.3 is 0 Å². The van der Waals surface area contributed by atoms with Crippen molar-refractivity contribution in [3.05, 3.63) is 0 Å². The van der Waals surface area contributed by atoms with Crippen molar-refractivity contribution in [2.45, 2.75) is 96.8 Å². The molecule has 2 aliphatic carbocycles. The van der Waals surface area contributed by atoms with E-state index in [-0.39, 0.29) is 0 Å². The number of carbonyl (C=O) groups is 1. The molecule has 1 nitrogen and oxygen atoms in total. The third-order valence-electron chi connectivity index (χ3n) is 5.86. The Morgan fingerprint density at radius 2 is 1.40 bits per heavy atom. The van der Waals surface area contributed by atoms with Gasteiger partial charge in [0, 0.05) is 12.8 Å². The summed E-state index contributed by atoms with van der Waals surface area (Å²) in [6.07, 6.45) is 18.7. The molecule has 0 spiro atoms. The summed E-state index contributed by atoms with van der Waals surface area (Å²) in [5, 5.41) is 0. The number of ketones is 1. The molecule has 0 amide bonds. The standard InChI is InChI=1S/C19H34O/c1-2-3-4-5-6-7-16-8-10-17(11-9-16)18-12-14-19(20)15-13-18/h16-18H,2-15H2,1H3. The van der Waals surface area contributed by atoms with Gasteiger partial charge in [0.2, 0.25) is 0 Å². The molecule has 1 heteroatoms. The van der Waals surface area contributed by atoms with Gasteiger partial charge in [-0.05, 0) is 43.4 Å². The number of unbranched alkanes of at least 4 members (excludes halogenated alkanes) is 4. The second-order valence-corrected chi connectivity index (χ2v) is 7.36. The molecule has 0 bridgehead atoms. The minimum atomic E-state index is 0.516. The highest BCUT2D eigenvalue weighted by atomic mass is 16.1. The molecule has 2 rings (SSSR count). The Hall–Kier alpha value is -0.330. The van der Waals surface area contributed by atoms with Crippen molar-refractivity contribution in [2.24, 2.45) is 17.8 Å². The molecule has 0 atom stereocenters. The third-order valence-corrected chi connectivity index (χ3v) is 5.86. The fourth-order valence-corrected chi connectivity index (χ4v) is 4.42. The summed E-state index contributed by atoms with van der Waals surface area (Å²) in [7, 11) is 0. The van der Waals surface area contributed by atoms with Gasteiger partial charge in [-0.1, -0.05) is 58.3 Å². The van der Waals surface area contributed by atoms with Crippen LogP contribution in [-0.2, 0) is 4.79 Å². The van der Waals surface area contributed by atoms with Crippen LogP contribution in [0.25, 0.3) is 0 Å². The fourth-order valence-electron chi connectivity index (χ4n) is 4.42. The first kappa shape index (κ1) is 16.0. The van der Waals surface area contributed by atoms with E-state index in [1.54, 1.807) is 0 Å². The molecule has 0 saturated heterocycles. The van der Waals surface area contributed by atoms with Crippen LogP contribution in [0.1, 0.15) is 96.8 Å². The van der Waals surface area contributed by atoms with Gasteiger partial charge in [0.25, 0.3) is 0 Å².